The van der Waals surface area contributed by atoms with E-state index >= 15 is 0 Å². The molecule has 0 radical (unpaired) electrons. The lowest BCUT2D eigenvalue weighted by molar-refractivity contribution is 0.0685. The number of carboxylic acids is 1. The molecule has 0 amide bonds. The molecule has 1 heterocycles. The fraction of sp³-hybridized carbons (Fsp3) is 0.167. The van der Waals surface area contributed by atoms with Crippen LogP contribution >= 0.6 is 0 Å². The van der Waals surface area contributed by atoms with E-state index in [4.69, 9.17) is 19.4 Å². The molecule has 0 spiro atoms. The summed E-state index contributed by atoms with van der Waals surface area (Å²) in [6.07, 6.45) is 0.878. The molecule has 3 rings (SSSR count). The third kappa shape index (κ3) is 2.78. The average Bonchev–Trinajstić information content (AvgIpc) is 2.75. The number of benzene rings is 2. The van der Waals surface area contributed by atoms with E-state index in [1.54, 1.807) is 13.8 Å². The lowest BCUT2D eigenvalue weighted by Crippen LogP contribution is -2.11. The number of oxime groups is 1. The van der Waals surface area contributed by atoms with Gasteiger partial charge in [0.15, 0.2) is 17.2 Å². The van der Waals surface area contributed by atoms with Crippen LogP contribution in [0.1, 0.15) is 37.4 Å². The van der Waals surface area contributed by atoms with Gasteiger partial charge in [0.25, 0.3) is 0 Å². The van der Waals surface area contributed by atoms with Crippen molar-refractivity contribution in [3.63, 3.8) is 0 Å². The van der Waals surface area contributed by atoms with E-state index in [1.807, 2.05) is 0 Å². The van der Waals surface area contributed by atoms with Crippen molar-refractivity contribution < 1.29 is 39.2 Å². The predicted octanol–water partition coefficient (Wildman–Crippen LogP) is 2.85. The number of aromatic carboxylic acids is 1. The number of carboxylic acid groups (broad SMARTS) is 1. The molecule has 0 saturated heterocycles. The Labute approximate surface area is 153 Å². The zero-order valence-electron chi connectivity index (χ0n) is 14.6. The molecule has 3 N–H and O–H groups in total. The number of hydrogen-bond donors (Lipinski definition) is 3. The molecule has 0 aromatic heterocycles. The molecule has 9 nitrogen and oxygen atoms in total. The number of hydrogen-bond acceptors (Lipinski definition) is 8. The average molecular weight is 373 g/mol. The molecule has 2 aromatic rings. The van der Waals surface area contributed by atoms with Crippen LogP contribution in [0.5, 0.6) is 28.7 Å². The largest absolute Gasteiger partial charge is 0.507 e. The van der Waals surface area contributed by atoms with Gasteiger partial charge in [-0.3, -0.25) is 0 Å². The summed E-state index contributed by atoms with van der Waals surface area (Å²) in [7, 11) is 1.35. The van der Waals surface area contributed by atoms with E-state index in [9.17, 15) is 19.8 Å². The zero-order chi connectivity index (χ0) is 19.9. The molecule has 27 heavy (non-hydrogen) atoms. The minimum absolute atomic E-state index is 0.0337. The third-order valence-corrected chi connectivity index (χ3v) is 4.17. The lowest BCUT2D eigenvalue weighted by atomic mass is 10.0. The standard InChI is InChI=1S/C18H15NO8/c1-7-4-11(20)10(6-19-24)15-13(7)18(23)27-14-8(2)12(25-3)5-9(17(21)22)16(14)26-15/h4-6,20,24H,1-3H3,(H,21,22)/b19-6+. The normalized spacial score (nSPS) is 12.6. The number of aromatic hydroxyl groups is 1. The van der Waals surface area contributed by atoms with E-state index in [0.717, 1.165) is 6.21 Å². The quantitative estimate of drug-likeness (QED) is 0.246. The summed E-state index contributed by atoms with van der Waals surface area (Å²) in [5.74, 6) is -2.79. The summed E-state index contributed by atoms with van der Waals surface area (Å²) in [6, 6.07) is 2.52. The van der Waals surface area contributed by atoms with Crippen molar-refractivity contribution in [2.45, 2.75) is 13.8 Å². The number of fused-ring (bicyclic) bond motifs is 2. The monoisotopic (exact) mass is 373 g/mol. The van der Waals surface area contributed by atoms with Crippen molar-refractivity contribution in [3.05, 3.63) is 39.9 Å². The first kappa shape index (κ1) is 18.1. The number of rotatable bonds is 3. The smallest absolute Gasteiger partial charge is 0.347 e. The van der Waals surface area contributed by atoms with Gasteiger partial charge in [0.2, 0.25) is 0 Å². The highest BCUT2D eigenvalue weighted by Gasteiger charge is 2.33. The molecule has 0 bridgehead atoms. The Morgan fingerprint density at radius 1 is 1.19 bits per heavy atom. The highest BCUT2D eigenvalue weighted by molar-refractivity contribution is 6.03. The first-order valence-corrected chi connectivity index (χ1v) is 7.69. The second kappa shape index (κ2) is 6.52. The Morgan fingerprint density at radius 3 is 2.48 bits per heavy atom. The molecule has 1 aliphatic rings. The van der Waals surface area contributed by atoms with E-state index in [2.05, 4.69) is 5.16 Å². The molecule has 0 atom stereocenters. The van der Waals surface area contributed by atoms with Crippen LogP contribution in [0, 0.1) is 13.8 Å². The molecule has 140 valence electrons. The van der Waals surface area contributed by atoms with E-state index in [-0.39, 0.29) is 45.4 Å². The van der Waals surface area contributed by atoms with Gasteiger partial charge in [0.1, 0.15) is 22.6 Å². The summed E-state index contributed by atoms with van der Waals surface area (Å²) in [5.41, 5.74) is 0.247. The van der Waals surface area contributed by atoms with Gasteiger partial charge in [-0.05, 0) is 31.5 Å². The molecule has 2 aromatic carbocycles. The fourth-order valence-corrected chi connectivity index (χ4v) is 2.88. The van der Waals surface area contributed by atoms with Gasteiger partial charge in [-0.1, -0.05) is 5.16 Å². The van der Waals surface area contributed by atoms with Crippen LogP contribution in [0.15, 0.2) is 17.3 Å². The molecule has 9 heteroatoms. The summed E-state index contributed by atoms with van der Waals surface area (Å²) >= 11 is 0. The van der Waals surface area contributed by atoms with Crippen LogP contribution in [-0.4, -0.2) is 40.7 Å². The molecule has 0 fully saturated rings. The Bertz CT molecular complexity index is 1010. The van der Waals surface area contributed by atoms with Crippen molar-refractivity contribution >= 4 is 18.2 Å². The Morgan fingerprint density at radius 2 is 1.89 bits per heavy atom. The number of methoxy groups -OCH3 is 1. The maximum atomic E-state index is 12.7. The lowest BCUT2D eigenvalue weighted by Gasteiger charge is -2.16. The summed E-state index contributed by atoms with van der Waals surface area (Å²) in [4.78, 5) is 24.4. The molecule has 1 aliphatic heterocycles. The highest BCUT2D eigenvalue weighted by Crippen LogP contribution is 2.48. The number of aryl methyl sites for hydroxylation is 1. The number of nitrogens with zero attached hydrogens (tertiary/aromatic N) is 1. The first-order valence-electron chi connectivity index (χ1n) is 7.69. The topological polar surface area (TPSA) is 135 Å². The van der Waals surface area contributed by atoms with Gasteiger partial charge in [0, 0.05) is 5.56 Å². The zero-order valence-corrected chi connectivity index (χ0v) is 14.6. The number of carbonyl (C=O) groups is 2. The molecule has 0 unspecified atom stereocenters. The summed E-state index contributed by atoms with van der Waals surface area (Å²) in [5, 5.41) is 31.4. The van der Waals surface area contributed by atoms with Crippen molar-refractivity contribution in [3.8, 4) is 28.7 Å². The van der Waals surface area contributed by atoms with E-state index in [1.165, 1.54) is 19.2 Å². The van der Waals surface area contributed by atoms with Crippen LogP contribution in [0.2, 0.25) is 0 Å². The highest BCUT2D eigenvalue weighted by atomic mass is 16.6. The number of phenolic OH excluding ortho intramolecular Hbond substituents is 1. The molecule has 0 aliphatic carbocycles. The second-order valence-corrected chi connectivity index (χ2v) is 5.78. The molecular weight excluding hydrogens is 358 g/mol. The Balaban J connectivity index is 2.40. The van der Waals surface area contributed by atoms with Crippen LogP contribution < -0.4 is 14.2 Å². The van der Waals surface area contributed by atoms with E-state index < -0.39 is 11.9 Å². The van der Waals surface area contributed by atoms with Crippen LogP contribution in [0.25, 0.3) is 0 Å². The van der Waals surface area contributed by atoms with Gasteiger partial charge in [-0.15, -0.1) is 0 Å². The van der Waals surface area contributed by atoms with Gasteiger partial charge in [-0.2, -0.15) is 0 Å². The summed E-state index contributed by atoms with van der Waals surface area (Å²) < 4.78 is 16.3. The van der Waals surface area contributed by atoms with Gasteiger partial charge < -0.3 is 29.6 Å². The van der Waals surface area contributed by atoms with E-state index in [0.29, 0.717) is 11.1 Å². The first-order chi connectivity index (χ1) is 12.8. The Hall–Kier alpha value is -3.75. The van der Waals surface area contributed by atoms with Gasteiger partial charge >= 0.3 is 11.9 Å². The van der Waals surface area contributed by atoms with Crippen LogP contribution in [0.4, 0.5) is 0 Å². The predicted molar refractivity (Wildman–Crippen MR) is 91.9 cm³/mol. The number of ether oxygens (including phenoxy) is 3. The van der Waals surface area contributed by atoms with Crippen molar-refractivity contribution in [2.24, 2.45) is 5.16 Å². The molecular formula is C18H15NO8. The number of phenols is 1. The Kier molecular flexibility index (Phi) is 4.36. The SMILES string of the molecule is COc1cc(C(=O)O)c2c(c1C)OC(=O)c1c(C)cc(O)c(/C=N/O)c1O2. The van der Waals surface area contributed by atoms with Crippen LogP contribution in [0.3, 0.4) is 0 Å². The van der Waals surface area contributed by atoms with Gasteiger partial charge in [-0.25, -0.2) is 9.59 Å². The number of carbonyl (C=O) groups excluding carboxylic acids is 1. The minimum Gasteiger partial charge on any atom is -0.507 e. The van der Waals surface area contributed by atoms with Crippen molar-refractivity contribution in [1.29, 1.82) is 0 Å². The van der Waals surface area contributed by atoms with Crippen LogP contribution in [-0.2, 0) is 0 Å². The third-order valence-electron chi connectivity index (χ3n) is 4.17. The number of esters is 1. The minimum atomic E-state index is -1.33. The molecule has 0 saturated carbocycles. The van der Waals surface area contributed by atoms with Crippen molar-refractivity contribution in [2.75, 3.05) is 7.11 Å². The second-order valence-electron chi connectivity index (χ2n) is 5.78. The summed E-state index contributed by atoms with van der Waals surface area (Å²) in [6.45, 7) is 3.13. The van der Waals surface area contributed by atoms with Gasteiger partial charge in [0.05, 0.1) is 18.9 Å². The maximum Gasteiger partial charge on any atom is 0.347 e. The van der Waals surface area contributed by atoms with Crippen molar-refractivity contribution in [1.82, 2.24) is 0 Å². The fourth-order valence-electron chi connectivity index (χ4n) is 2.88. The maximum absolute atomic E-state index is 12.7.